The van der Waals surface area contributed by atoms with Gasteiger partial charge >= 0.3 is 5.97 Å². The summed E-state index contributed by atoms with van der Waals surface area (Å²) in [5.74, 6) is 0.00354. The minimum atomic E-state index is -0.751. The number of hydrogen-bond donors (Lipinski definition) is 2. The fourth-order valence-corrected chi connectivity index (χ4v) is 2.90. The second kappa shape index (κ2) is 13.6. The molecule has 9 nitrogen and oxygen atoms in total. The first-order chi connectivity index (χ1) is 16.3. The summed E-state index contributed by atoms with van der Waals surface area (Å²) < 4.78 is 15.4. The Morgan fingerprint density at radius 1 is 1.00 bits per heavy atom. The van der Waals surface area contributed by atoms with Gasteiger partial charge in [0.05, 0.1) is 13.3 Å². The molecule has 0 fully saturated rings. The van der Waals surface area contributed by atoms with E-state index < -0.39 is 23.8 Å². The van der Waals surface area contributed by atoms with Crippen LogP contribution in [0, 0.1) is 12.8 Å². The van der Waals surface area contributed by atoms with Crippen LogP contribution < -0.4 is 20.2 Å². The Balaban J connectivity index is 1.88. The molecular formula is C25H31N3O6. The van der Waals surface area contributed by atoms with Gasteiger partial charge in [0, 0.05) is 0 Å². The molecule has 2 N–H and O–H groups in total. The molecule has 182 valence electrons. The predicted molar refractivity (Wildman–Crippen MR) is 128 cm³/mol. The summed E-state index contributed by atoms with van der Waals surface area (Å²) in [4.78, 5) is 36.1. The average Bonchev–Trinajstić information content (AvgIpc) is 2.82. The molecule has 0 heterocycles. The van der Waals surface area contributed by atoms with Crippen molar-refractivity contribution < 1.29 is 28.6 Å². The Hall–Kier alpha value is -3.88. The standard InChI is InChI=1S/C25H31N3O6/c1-17(2)13-21(27-23(29)15-34-22-8-6-5-7-18(22)3)25(31)28-26-14-19-9-11-20(12-10-19)33-16-24(30)32-4/h5-12,14,17,21H,13,15-16H2,1-4H3,(H,27,29)(H,28,31)/b26-14-/t21-/m0/s1. The maximum atomic E-state index is 12.6. The van der Waals surface area contributed by atoms with Gasteiger partial charge in [0.2, 0.25) is 0 Å². The first-order valence-corrected chi connectivity index (χ1v) is 10.9. The highest BCUT2D eigenvalue weighted by atomic mass is 16.6. The molecule has 0 saturated heterocycles. The lowest BCUT2D eigenvalue weighted by Gasteiger charge is -2.19. The lowest BCUT2D eigenvalue weighted by Crippen LogP contribution is -2.47. The number of aryl methyl sites for hydroxylation is 1. The SMILES string of the molecule is COC(=O)COc1ccc(/C=N\NC(=O)[C@H](CC(C)C)NC(=O)COc2ccccc2C)cc1. The van der Waals surface area contributed by atoms with Gasteiger partial charge in [-0.2, -0.15) is 5.10 Å². The van der Waals surface area contributed by atoms with E-state index in [0.29, 0.717) is 23.5 Å². The Morgan fingerprint density at radius 2 is 1.71 bits per heavy atom. The van der Waals surface area contributed by atoms with E-state index >= 15 is 0 Å². The van der Waals surface area contributed by atoms with Crippen molar-refractivity contribution in [1.82, 2.24) is 10.7 Å². The molecule has 2 aromatic rings. The van der Waals surface area contributed by atoms with Crippen LogP contribution in [0.5, 0.6) is 11.5 Å². The van der Waals surface area contributed by atoms with Crippen LogP contribution >= 0.6 is 0 Å². The van der Waals surface area contributed by atoms with Crippen molar-refractivity contribution in [2.75, 3.05) is 20.3 Å². The van der Waals surface area contributed by atoms with E-state index in [4.69, 9.17) is 9.47 Å². The second-order valence-corrected chi connectivity index (χ2v) is 7.97. The summed E-state index contributed by atoms with van der Waals surface area (Å²) >= 11 is 0. The Kier molecular flexibility index (Phi) is 10.6. The largest absolute Gasteiger partial charge is 0.484 e. The predicted octanol–water partition coefficient (Wildman–Crippen LogP) is 2.61. The van der Waals surface area contributed by atoms with Gasteiger partial charge in [-0.1, -0.05) is 32.0 Å². The molecule has 0 aliphatic rings. The minimum absolute atomic E-state index is 0.176. The minimum Gasteiger partial charge on any atom is -0.484 e. The Labute approximate surface area is 199 Å². The van der Waals surface area contributed by atoms with Crippen LogP contribution in [0.25, 0.3) is 0 Å². The maximum absolute atomic E-state index is 12.6. The molecule has 0 unspecified atom stereocenters. The van der Waals surface area contributed by atoms with Crippen molar-refractivity contribution in [2.24, 2.45) is 11.0 Å². The molecule has 0 aromatic heterocycles. The fourth-order valence-electron chi connectivity index (χ4n) is 2.90. The van der Waals surface area contributed by atoms with E-state index in [9.17, 15) is 14.4 Å². The Bertz CT molecular complexity index is 988. The molecule has 34 heavy (non-hydrogen) atoms. The van der Waals surface area contributed by atoms with Gasteiger partial charge in [0.15, 0.2) is 13.2 Å². The summed E-state index contributed by atoms with van der Waals surface area (Å²) in [5.41, 5.74) is 4.10. The molecule has 0 bridgehead atoms. The third kappa shape index (κ3) is 9.32. The summed E-state index contributed by atoms with van der Waals surface area (Å²) in [5, 5.41) is 6.70. The highest BCUT2D eigenvalue weighted by molar-refractivity contribution is 5.89. The van der Waals surface area contributed by atoms with E-state index in [2.05, 4.69) is 20.6 Å². The Morgan fingerprint density at radius 3 is 2.35 bits per heavy atom. The van der Waals surface area contributed by atoms with E-state index in [0.717, 1.165) is 5.56 Å². The van der Waals surface area contributed by atoms with Crippen molar-refractivity contribution >= 4 is 24.0 Å². The molecule has 0 saturated carbocycles. The van der Waals surface area contributed by atoms with Crippen molar-refractivity contribution in [1.29, 1.82) is 0 Å². The van der Waals surface area contributed by atoms with Gasteiger partial charge in [0.1, 0.15) is 17.5 Å². The molecule has 2 rings (SSSR count). The zero-order valence-electron chi connectivity index (χ0n) is 19.9. The first kappa shape index (κ1) is 26.4. The molecular weight excluding hydrogens is 438 g/mol. The van der Waals surface area contributed by atoms with Gasteiger partial charge in [-0.3, -0.25) is 9.59 Å². The number of carbonyl (C=O) groups excluding carboxylic acids is 3. The average molecular weight is 470 g/mol. The number of nitrogens with zero attached hydrogens (tertiary/aromatic N) is 1. The molecule has 0 spiro atoms. The number of esters is 1. The summed E-state index contributed by atoms with van der Waals surface area (Å²) in [6, 6.07) is 13.4. The number of hydrogen-bond acceptors (Lipinski definition) is 7. The number of nitrogens with one attached hydrogen (secondary N) is 2. The van der Waals surface area contributed by atoms with Gasteiger partial charge in [-0.25, -0.2) is 10.2 Å². The third-order valence-electron chi connectivity index (χ3n) is 4.66. The van der Waals surface area contributed by atoms with E-state index in [1.54, 1.807) is 30.3 Å². The van der Waals surface area contributed by atoms with Crippen molar-refractivity contribution in [3.63, 3.8) is 0 Å². The van der Waals surface area contributed by atoms with Crippen LogP contribution in [0.3, 0.4) is 0 Å². The van der Waals surface area contributed by atoms with Crippen LogP contribution in [-0.2, 0) is 19.1 Å². The van der Waals surface area contributed by atoms with Crippen molar-refractivity contribution in [3.05, 3.63) is 59.7 Å². The number of rotatable bonds is 12. The van der Waals surface area contributed by atoms with Crippen LogP contribution in [0.15, 0.2) is 53.6 Å². The molecule has 0 aliphatic carbocycles. The second-order valence-electron chi connectivity index (χ2n) is 7.97. The van der Waals surface area contributed by atoms with Crippen LogP contribution in [0.2, 0.25) is 0 Å². The highest BCUT2D eigenvalue weighted by Crippen LogP contribution is 2.16. The molecule has 9 heteroatoms. The normalized spacial score (nSPS) is 11.7. The number of hydrazone groups is 1. The molecule has 1 atom stereocenters. The highest BCUT2D eigenvalue weighted by Gasteiger charge is 2.22. The number of benzene rings is 2. The number of carbonyl (C=O) groups is 3. The number of para-hydroxylation sites is 1. The van der Waals surface area contributed by atoms with Crippen molar-refractivity contribution in [3.8, 4) is 11.5 Å². The third-order valence-corrected chi connectivity index (χ3v) is 4.66. The topological polar surface area (TPSA) is 115 Å². The van der Waals surface area contributed by atoms with E-state index in [1.807, 2.05) is 39.0 Å². The molecule has 0 radical (unpaired) electrons. The van der Waals surface area contributed by atoms with Gasteiger partial charge < -0.3 is 19.5 Å². The van der Waals surface area contributed by atoms with Crippen molar-refractivity contribution in [2.45, 2.75) is 33.2 Å². The smallest absolute Gasteiger partial charge is 0.343 e. The molecule has 2 amide bonds. The zero-order valence-corrected chi connectivity index (χ0v) is 19.9. The lowest BCUT2D eigenvalue weighted by atomic mass is 10.0. The molecule has 2 aromatic carbocycles. The van der Waals surface area contributed by atoms with Crippen LogP contribution in [0.1, 0.15) is 31.4 Å². The van der Waals surface area contributed by atoms with Gasteiger partial charge in [-0.05, 0) is 60.7 Å². The van der Waals surface area contributed by atoms with Crippen LogP contribution in [-0.4, -0.2) is 50.4 Å². The fraction of sp³-hybridized carbons (Fsp3) is 0.360. The zero-order chi connectivity index (χ0) is 24.9. The summed E-state index contributed by atoms with van der Waals surface area (Å²) in [7, 11) is 1.29. The van der Waals surface area contributed by atoms with Gasteiger partial charge in [0.25, 0.3) is 11.8 Å². The van der Waals surface area contributed by atoms with E-state index in [-0.39, 0.29) is 19.1 Å². The van der Waals surface area contributed by atoms with E-state index in [1.165, 1.54) is 13.3 Å². The maximum Gasteiger partial charge on any atom is 0.343 e. The molecule has 0 aliphatic heterocycles. The number of methoxy groups -OCH3 is 1. The monoisotopic (exact) mass is 469 g/mol. The summed E-state index contributed by atoms with van der Waals surface area (Å²) in [6.07, 6.45) is 1.92. The summed E-state index contributed by atoms with van der Waals surface area (Å²) in [6.45, 7) is 5.44. The van der Waals surface area contributed by atoms with Gasteiger partial charge in [-0.15, -0.1) is 0 Å². The van der Waals surface area contributed by atoms with Crippen LogP contribution in [0.4, 0.5) is 0 Å². The number of ether oxygens (including phenoxy) is 3. The first-order valence-electron chi connectivity index (χ1n) is 10.9. The quantitative estimate of drug-likeness (QED) is 0.281. The number of amides is 2. The lowest BCUT2D eigenvalue weighted by molar-refractivity contribution is -0.142.